The van der Waals surface area contributed by atoms with E-state index in [0.717, 1.165) is 11.1 Å². The van der Waals surface area contributed by atoms with Gasteiger partial charge in [0.25, 0.3) is 0 Å². The quantitative estimate of drug-likeness (QED) is 0.772. The topological polar surface area (TPSA) is 48.0 Å². The number of ether oxygens (including phenoxy) is 3. The zero-order chi connectivity index (χ0) is 19.6. The largest absolute Gasteiger partial charge is 0.495 e. The molecule has 1 aliphatic rings. The average molecular weight is 390 g/mol. The van der Waals surface area contributed by atoms with Crippen molar-refractivity contribution in [2.75, 3.05) is 34.4 Å². The first-order valence-corrected chi connectivity index (χ1v) is 9.17. The zero-order valence-corrected chi connectivity index (χ0v) is 16.7. The highest BCUT2D eigenvalue weighted by Crippen LogP contribution is 2.45. The molecule has 1 amide bonds. The molecule has 0 saturated carbocycles. The molecule has 1 fully saturated rings. The molecule has 2 aromatic carbocycles. The van der Waals surface area contributed by atoms with Crippen LogP contribution in [0.3, 0.4) is 0 Å². The molecule has 0 aliphatic carbocycles. The first kappa shape index (κ1) is 19.4. The Kier molecular flexibility index (Phi) is 5.80. The lowest BCUT2D eigenvalue weighted by Crippen LogP contribution is -2.25. The fourth-order valence-electron chi connectivity index (χ4n) is 3.77. The first-order valence-electron chi connectivity index (χ1n) is 8.80. The van der Waals surface area contributed by atoms with Gasteiger partial charge >= 0.3 is 0 Å². The van der Waals surface area contributed by atoms with Crippen LogP contribution in [0.2, 0.25) is 5.02 Å². The van der Waals surface area contributed by atoms with Gasteiger partial charge in [-0.1, -0.05) is 29.8 Å². The number of likely N-dealkylation sites (tertiary alicyclic amines) is 1. The predicted molar refractivity (Wildman–Crippen MR) is 105 cm³/mol. The number of hydrogen-bond donors (Lipinski definition) is 0. The second kappa shape index (κ2) is 8.09. The van der Waals surface area contributed by atoms with Crippen LogP contribution in [-0.4, -0.2) is 45.2 Å². The van der Waals surface area contributed by atoms with Gasteiger partial charge in [-0.25, -0.2) is 0 Å². The van der Waals surface area contributed by atoms with E-state index in [2.05, 4.69) is 0 Å². The maximum atomic E-state index is 12.1. The Labute approximate surface area is 164 Å². The summed E-state index contributed by atoms with van der Waals surface area (Å²) in [5.74, 6) is 2.21. The van der Waals surface area contributed by atoms with Gasteiger partial charge in [0.2, 0.25) is 5.91 Å². The van der Waals surface area contributed by atoms with Crippen LogP contribution in [0.4, 0.5) is 0 Å². The van der Waals surface area contributed by atoms with Crippen molar-refractivity contribution in [3.63, 3.8) is 0 Å². The van der Waals surface area contributed by atoms with Crippen molar-refractivity contribution in [2.24, 2.45) is 0 Å². The van der Waals surface area contributed by atoms with Crippen LogP contribution in [-0.2, 0) is 4.79 Å². The summed E-state index contributed by atoms with van der Waals surface area (Å²) in [6, 6.07) is 11.7. The molecule has 0 spiro atoms. The van der Waals surface area contributed by atoms with Crippen LogP contribution >= 0.6 is 11.6 Å². The second-order valence-electron chi connectivity index (χ2n) is 6.61. The van der Waals surface area contributed by atoms with Gasteiger partial charge in [0.15, 0.2) is 11.5 Å². The summed E-state index contributed by atoms with van der Waals surface area (Å²) in [7, 11) is 4.84. The van der Waals surface area contributed by atoms with Gasteiger partial charge in [0.05, 0.1) is 26.4 Å². The third kappa shape index (κ3) is 3.69. The molecule has 0 radical (unpaired) electrons. The third-order valence-corrected chi connectivity index (χ3v) is 5.62. The van der Waals surface area contributed by atoms with Crippen LogP contribution < -0.4 is 14.2 Å². The van der Waals surface area contributed by atoms with Crippen molar-refractivity contribution in [1.29, 1.82) is 0 Å². The number of amides is 1. The number of rotatable bonds is 5. The first-order chi connectivity index (χ1) is 13.0. The summed E-state index contributed by atoms with van der Waals surface area (Å²) in [4.78, 5) is 13.9. The van der Waals surface area contributed by atoms with Gasteiger partial charge < -0.3 is 19.1 Å². The molecule has 5 nitrogen and oxygen atoms in total. The summed E-state index contributed by atoms with van der Waals surface area (Å²) < 4.78 is 16.2. The highest BCUT2D eigenvalue weighted by atomic mass is 35.5. The Balaban J connectivity index is 2.05. The molecular weight excluding hydrogens is 366 g/mol. The van der Waals surface area contributed by atoms with Crippen LogP contribution in [0.1, 0.15) is 29.9 Å². The van der Waals surface area contributed by atoms with Crippen molar-refractivity contribution in [3.8, 4) is 17.2 Å². The van der Waals surface area contributed by atoms with Gasteiger partial charge in [-0.2, -0.15) is 0 Å². The number of benzene rings is 2. The van der Waals surface area contributed by atoms with Crippen LogP contribution in [0.15, 0.2) is 36.4 Å². The molecule has 27 heavy (non-hydrogen) atoms. The molecule has 0 aromatic heterocycles. The van der Waals surface area contributed by atoms with E-state index in [1.165, 1.54) is 0 Å². The maximum absolute atomic E-state index is 12.1. The summed E-state index contributed by atoms with van der Waals surface area (Å²) in [6.45, 7) is 2.84. The van der Waals surface area contributed by atoms with E-state index >= 15 is 0 Å². The Morgan fingerprint density at radius 2 is 1.63 bits per heavy atom. The van der Waals surface area contributed by atoms with Crippen molar-refractivity contribution < 1.29 is 19.0 Å². The Morgan fingerprint density at radius 1 is 0.963 bits per heavy atom. The molecule has 1 aliphatic heterocycles. The van der Waals surface area contributed by atoms with E-state index in [4.69, 9.17) is 25.8 Å². The van der Waals surface area contributed by atoms with Crippen molar-refractivity contribution in [3.05, 3.63) is 52.5 Å². The van der Waals surface area contributed by atoms with E-state index in [1.54, 1.807) is 28.3 Å². The lowest BCUT2D eigenvalue weighted by molar-refractivity contribution is -0.127. The fraction of sp³-hybridized carbons (Fsp3) is 0.381. The van der Waals surface area contributed by atoms with Crippen molar-refractivity contribution in [2.45, 2.75) is 18.8 Å². The normalized spacial score (nSPS) is 19.1. The molecule has 1 heterocycles. The summed E-state index contributed by atoms with van der Waals surface area (Å²) in [5, 5.41) is 0.598. The summed E-state index contributed by atoms with van der Waals surface area (Å²) >= 11 is 6.60. The minimum Gasteiger partial charge on any atom is -0.495 e. The molecule has 2 atom stereocenters. The molecule has 0 bridgehead atoms. The minimum absolute atomic E-state index is 0.0574. The zero-order valence-electron chi connectivity index (χ0n) is 16.0. The van der Waals surface area contributed by atoms with Gasteiger partial charge in [-0.15, -0.1) is 0 Å². The van der Waals surface area contributed by atoms with E-state index in [0.29, 0.717) is 35.4 Å². The van der Waals surface area contributed by atoms with Gasteiger partial charge in [0, 0.05) is 31.8 Å². The van der Waals surface area contributed by atoms with E-state index in [9.17, 15) is 4.79 Å². The second-order valence-corrected chi connectivity index (χ2v) is 6.99. The molecule has 0 unspecified atom stereocenters. The average Bonchev–Trinajstić information content (AvgIpc) is 3.13. The van der Waals surface area contributed by atoms with Gasteiger partial charge in [0.1, 0.15) is 5.75 Å². The smallest absolute Gasteiger partial charge is 0.219 e. The van der Waals surface area contributed by atoms with E-state index in [-0.39, 0.29) is 17.7 Å². The summed E-state index contributed by atoms with van der Waals surface area (Å²) in [5.41, 5.74) is 2.07. The standard InChI is InChI=1S/C21H24ClNO4/c1-13(24)23-11-16(14-8-9-18(25-2)20(10-14)27-4)17(12-23)15-6-5-7-19(26-3)21(15)22/h5-10,16-17H,11-12H2,1-4H3/t16-,17-/m1/s1. The lowest BCUT2D eigenvalue weighted by Gasteiger charge is -2.22. The number of halogens is 1. The third-order valence-electron chi connectivity index (χ3n) is 5.21. The predicted octanol–water partition coefficient (Wildman–Crippen LogP) is 4.10. The van der Waals surface area contributed by atoms with Gasteiger partial charge in [-0.3, -0.25) is 4.79 Å². The Hall–Kier alpha value is -2.40. The maximum Gasteiger partial charge on any atom is 0.219 e. The molecule has 0 N–H and O–H groups in total. The monoisotopic (exact) mass is 389 g/mol. The van der Waals surface area contributed by atoms with Crippen molar-refractivity contribution >= 4 is 17.5 Å². The van der Waals surface area contributed by atoms with Crippen LogP contribution in [0.25, 0.3) is 0 Å². The summed E-state index contributed by atoms with van der Waals surface area (Å²) in [6.07, 6.45) is 0. The Morgan fingerprint density at radius 3 is 2.26 bits per heavy atom. The number of hydrogen-bond acceptors (Lipinski definition) is 4. The van der Waals surface area contributed by atoms with Crippen LogP contribution in [0.5, 0.6) is 17.2 Å². The highest BCUT2D eigenvalue weighted by molar-refractivity contribution is 6.32. The molecule has 1 saturated heterocycles. The number of nitrogens with zero attached hydrogens (tertiary/aromatic N) is 1. The lowest BCUT2D eigenvalue weighted by atomic mass is 9.84. The van der Waals surface area contributed by atoms with Gasteiger partial charge in [-0.05, 0) is 29.3 Å². The van der Waals surface area contributed by atoms with E-state index < -0.39 is 0 Å². The SMILES string of the molecule is COc1ccc([C@H]2CN(C(C)=O)C[C@@H]2c2cccc(OC)c2Cl)cc1OC. The number of carbonyl (C=O) groups excluding carboxylic acids is 1. The number of methoxy groups -OCH3 is 3. The molecule has 144 valence electrons. The van der Waals surface area contributed by atoms with Crippen molar-refractivity contribution in [1.82, 2.24) is 4.90 Å². The Bertz CT molecular complexity index is 839. The molecule has 6 heteroatoms. The molecule has 2 aromatic rings. The molecular formula is C21H24ClNO4. The fourth-order valence-corrected chi connectivity index (χ4v) is 4.11. The number of carbonyl (C=O) groups is 1. The van der Waals surface area contributed by atoms with Crippen LogP contribution in [0, 0.1) is 0 Å². The van der Waals surface area contributed by atoms with E-state index in [1.807, 2.05) is 41.3 Å². The highest BCUT2D eigenvalue weighted by Gasteiger charge is 2.37. The molecule has 3 rings (SSSR count). The minimum atomic E-state index is 0.0574.